The van der Waals surface area contributed by atoms with Crippen molar-refractivity contribution in [3.8, 4) is 0 Å². The van der Waals surface area contributed by atoms with E-state index in [1.54, 1.807) is 17.1 Å². The maximum absolute atomic E-state index is 13.6. The standard InChI is InChI=1S/C10H12Br4F3N2.C2F6NO4S2/c11-5-8(12)6-19-4-3-18(7-19)2-1-9(13,15)10(14,16)17;3-1(4,5)14(10,11)9-15(12,13)2(6,7)8/h3-4,7-8H,1-2,5-6H2;/q+1;-1. The lowest BCUT2D eigenvalue weighted by Crippen LogP contribution is -2.37. The lowest BCUT2D eigenvalue weighted by molar-refractivity contribution is -0.694. The second-order valence-electron chi connectivity index (χ2n) is 5.97. The van der Waals surface area contributed by atoms with Gasteiger partial charge in [-0.05, 0) is 31.9 Å². The highest BCUT2D eigenvalue weighted by Gasteiger charge is 2.51. The van der Waals surface area contributed by atoms with E-state index < -0.39 is 40.5 Å². The van der Waals surface area contributed by atoms with Crippen LogP contribution in [0, 0.1) is 0 Å². The molecule has 1 rings (SSSR count). The first-order valence-electron chi connectivity index (χ1n) is 7.92. The molecule has 0 N–H and O–H groups in total. The summed E-state index contributed by atoms with van der Waals surface area (Å²) < 4.78 is 149. The number of rotatable bonds is 9. The summed E-state index contributed by atoms with van der Waals surface area (Å²) in [5.74, 6) is 0. The Morgan fingerprint density at radius 2 is 1.35 bits per heavy atom. The molecule has 34 heavy (non-hydrogen) atoms. The fourth-order valence-corrected chi connectivity index (χ4v) is 4.21. The third-order valence-electron chi connectivity index (χ3n) is 3.20. The van der Waals surface area contributed by atoms with E-state index in [0.717, 1.165) is 16.0 Å². The molecular weight excluding hydrogens is 805 g/mol. The highest BCUT2D eigenvalue weighted by atomic mass is 79.9. The Balaban J connectivity index is 0.000000661. The van der Waals surface area contributed by atoms with Gasteiger partial charge in [0, 0.05) is 11.8 Å². The summed E-state index contributed by atoms with van der Waals surface area (Å²) >= 11 is 11.3. The molecule has 0 aliphatic rings. The normalized spacial score (nSPS) is 16.4. The monoisotopic (exact) mass is 813 g/mol. The number of imidazole rings is 1. The maximum Gasteiger partial charge on any atom is 0.480 e. The van der Waals surface area contributed by atoms with Gasteiger partial charge in [-0.25, -0.2) is 30.4 Å². The SMILES string of the molecule is FC(F)(Br)C(F)(Br)CCn1cc[n+](CC(Br)CBr)c1.O=S(=O)([N-]S(=O)(=O)C(F)(F)F)C(F)(F)F. The summed E-state index contributed by atoms with van der Waals surface area (Å²) in [6.07, 6.45) is 4.95. The van der Waals surface area contributed by atoms with Gasteiger partial charge in [0.2, 0.25) is 10.9 Å². The number of aromatic nitrogens is 2. The van der Waals surface area contributed by atoms with E-state index in [1.807, 2.05) is 26.7 Å². The van der Waals surface area contributed by atoms with Crippen molar-refractivity contribution in [3.05, 3.63) is 22.8 Å². The van der Waals surface area contributed by atoms with Crippen LogP contribution in [-0.2, 0) is 33.1 Å². The summed E-state index contributed by atoms with van der Waals surface area (Å²) in [5.41, 5.74) is -12.4. The minimum Gasteiger partial charge on any atom is -0.421 e. The number of hydrogen-bond acceptors (Lipinski definition) is 4. The topological polar surface area (TPSA) is 91.2 Å². The minimum atomic E-state index is -6.72. The predicted octanol–water partition coefficient (Wildman–Crippen LogP) is 5.43. The van der Waals surface area contributed by atoms with Crippen molar-refractivity contribution in [3.63, 3.8) is 0 Å². The van der Waals surface area contributed by atoms with Crippen molar-refractivity contribution >= 4 is 83.8 Å². The van der Waals surface area contributed by atoms with E-state index in [2.05, 4.69) is 47.8 Å². The van der Waals surface area contributed by atoms with E-state index in [4.69, 9.17) is 0 Å². The Kier molecular flexibility index (Phi) is 12.4. The molecule has 2 unspecified atom stereocenters. The van der Waals surface area contributed by atoms with Crippen molar-refractivity contribution in [1.29, 1.82) is 0 Å². The van der Waals surface area contributed by atoms with Gasteiger partial charge in [-0.3, -0.25) is 0 Å². The fraction of sp³-hybridized carbons (Fsp3) is 0.750. The zero-order chi connectivity index (χ0) is 27.4. The van der Waals surface area contributed by atoms with E-state index in [1.165, 1.54) is 0 Å². The number of aryl methyl sites for hydroxylation is 1. The first-order valence-corrected chi connectivity index (χ1v) is 14.4. The van der Waals surface area contributed by atoms with Crippen molar-refractivity contribution in [2.24, 2.45) is 0 Å². The summed E-state index contributed by atoms with van der Waals surface area (Å²) in [5, 5.41) is 0.802. The van der Waals surface area contributed by atoms with Crippen molar-refractivity contribution < 1.29 is 60.9 Å². The molecule has 0 spiro atoms. The highest BCUT2D eigenvalue weighted by molar-refractivity contribution is 9.12. The average Bonchev–Trinajstić information content (AvgIpc) is 3.04. The molecule has 1 aromatic heterocycles. The fourth-order valence-electron chi connectivity index (χ4n) is 1.58. The van der Waals surface area contributed by atoms with Crippen molar-refractivity contribution in [2.45, 2.75) is 44.8 Å². The Bertz CT molecular complexity index is 967. The molecule has 7 nitrogen and oxygen atoms in total. The first-order chi connectivity index (χ1) is 14.9. The maximum atomic E-state index is 13.6. The molecule has 0 aliphatic heterocycles. The molecule has 0 aromatic carbocycles. The molecule has 0 saturated heterocycles. The van der Waals surface area contributed by atoms with Crippen LogP contribution in [0.4, 0.5) is 39.5 Å². The molecule has 2 atom stereocenters. The van der Waals surface area contributed by atoms with Crippen LogP contribution in [0.3, 0.4) is 0 Å². The number of alkyl halides is 13. The first kappa shape index (κ1) is 34.4. The number of halogens is 13. The van der Waals surface area contributed by atoms with Crippen LogP contribution in [0.1, 0.15) is 6.42 Å². The molecule has 0 amide bonds. The van der Waals surface area contributed by atoms with Gasteiger partial charge in [-0.15, -0.1) is 0 Å². The smallest absolute Gasteiger partial charge is 0.421 e. The van der Waals surface area contributed by atoms with Gasteiger partial charge in [-0.1, -0.05) is 31.9 Å². The van der Waals surface area contributed by atoms with E-state index in [0.29, 0.717) is 0 Å². The molecule has 0 saturated carbocycles. The predicted molar refractivity (Wildman–Crippen MR) is 116 cm³/mol. The van der Waals surface area contributed by atoms with Gasteiger partial charge < -0.3 is 4.13 Å². The zero-order valence-electron chi connectivity index (χ0n) is 15.8. The number of nitrogens with zero attached hydrogens (tertiary/aromatic N) is 3. The third-order valence-corrected chi connectivity index (χ3v) is 10.3. The summed E-state index contributed by atoms with van der Waals surface area (Å²) in [6, 6.07) is 0. The number of sulfonamides is 2. The molecule has 22 heteroatoms. The molecular formula is C12H12Br4F9N3O4S2. The van der Waals surface area contributed by atoms with Crippen LogP contribution in [0.15, 0.2) is 18.7 Å². The van der Waals surface area contributed by atoms with Gasteiger partial charge in [-0.2, -0.15) is 35.1 Å². The van der Waals surface area contributed by atoms with Gasteiger partial charge >= 0.3 is 15.8 Å². The summed E-state index contributed by atoms with van der Waals surface area (Å²) in [4.78, 5) is -3.32. The Morgan fingerprint density at radius 1 is 0.912 bits per heavy atom. The van der Waals surface area contributed by atoms with Gasteiger partial charge in [0.15, 0.2) is 20.0 Å². The van der Waals surface area contributed by atoms with Crippen LogP contribution in [0.25, 0.3) is 4.13 Å². The number of hydrogen-bond donors (Lipinski definition) is 0. The summed E-state index contributed by atoms with van der Waals surface area (Å²) in [7, 11) is -13.4. The quantitative estimate of drug-likeness (QED) is 0.189. The molecule has 1 heterocycles. The second kappa shape index (κ2) is 12.3. The van der Waals surface area contributed by atoms with Gasteiger partial charge in [0.05, 0.1) is 11.4 Å². The Morgan fingerprint density at radius 3 is 1.71 bits per heavy atom. The van der Waals surface area contributed by atoms with Crippen LogP contribution in [0.5, 0.6) is 0 Å². The van der Waals surface area contributed by atoms with E-state index in [-0.39, 0.29) is 17.8 Å². The van der Waals surface area contributed by atoms with Crippen molar-refractivity contribution in [1.82, 2.24) is 4.57 Å². The molecule has 1 aromatic rings. The second-order valence-corrected chi connectivity index (χ2v) is 13.6. The zero-order valence-corrected chi connectivity index (χ0v) is 23.8. The van der Waals surface area contributed by atoms with Crippen LogP contribution >= 0.6 is 63.7 Å². The lowest BCUT2D eigenvalue weighted by Gasteiger charge is -2.22. The third kappa shape index (κ3) is 10.8. The summed E-state index contributed by atoms with van der Waals surface area (Å²) in [6.45, 7) is 0.888. The van der Waals surface area contributed by atoms with Crippen LogP contribution in [0.2, 0.25) is 0 Å². The van der Waals surface area contributed by atoms with Gasteiger partial charge in [0.1, 0.15) is 18.9 Å². The lowest BCUT2D eigenvalue weighted by atomic mass is 10.3. The van der Waals surface area contributed by atoms with Crippen LogP contribution < -0.4 is 4.57 Å². The average molecular weight is 817 g/mol. The van der Waals surface area contributed by atoms with E-state index in [9.17, 15) is 56.3 Å². The van der Waals surface area contributed by atoms with Crippen LogP contribution in [-0.4, -0.2) is 52.0 Å². The van der Waals surface area contributed by atoms with Crippen molar-refractivity contribution in [2.75, 3.05) is 5.33 Å². The Labute approximate surface area is 221 Å². The molecule has 0 aliphatic carbocycles. The molecule has 0 bridgehead atoms. The van der Waals surface area contributed by atoms with E-state index >= 15 is 0 Å². The molecule has 0 radical (unpaired) electrons. The molecule has 202 valence electrons. The van der Waals surface area contributed by atoms with Gasteiger partial charge in [0.25, 0.3) is 0 Å². The highest BCUT2D eigenvalue weighted by Crippen LogP contribution is 2.45. The molecule has 0 fully saturated rings. The Hall–Kier alpha value is 0.360. The minimum absolute atomic E-state index is 0.150. The largest absolute Gasteiger partial charge is 0.480 e.